The highest BCUT2D eigenvalue weighted by Gasteiger charge is 2.26. The number of carbonyl (C=O) groups is 2. The molecule has 5 nitrogen and oxygen atoms in total. The minimum absolute atomic E-state index is 0.0146. The molecule has 0 aliphatic rings. The number of amides is 2. The van der Waals surface area contributed by atoms with E-state index < -0.39 is 5.97 Å². The first-order valence-corrected chi connectivity index (χ1v) is 6.50. The molecule has 20 heavy (non-hydrogen) atoms. The van der Waals surface area contributed by atoms with Gasteiger partial charge in [-0.1, -0.05) is 20.8 Å². The number of nitrogens with zero attached hydrogens (tertiary/aromatic N) is 1. The van der Waals surface area contributed by atoms with Crippen LogP contribution in [-0.4, -0.2) is 35.1 Å². The molecule has 0 fully saturated rings. The molecule has 0 aliphatic carbocycles. The first kappa shape index (κ1) is 16.0. The van der Waals surface area contributed by atoms with Crippen molar-refractivity contribution in [3.05, 3.63) is 29.8 Å². The van der Waals surface area contributed by atoms with E-state index in [0.29, 0.717) is 5.69 Å². The molecule has 2 amide bonds. The molecule has 0 saturated carbocycles. The molecule has 0 aliphatic heterocycles. The summed E-state index contributed by atoms with van der Waals surface area (Å²) in [6.45, 7) is 8.21. The Hall–Kier alpha value is -2.04. The smallest absolute Gasteiger partial charge is 0.335 e. The minimum Gasteiger partial charge on any atom is -0.478 e. The molecule has 5 heteroatoms. The molecule has 0 saturated heterocycles. The lowest BCUT2D eigenvalue weighted by molar-refractivity contribution is 0.0697. The number of carbonyl (C=O) groups excluding carboxylic acids is 1. The quantitative estimate of drug-likeness (QED) is 0.891. The number of anilines is 1. The lowest BCUT2D eigenvalue weighted by atomic mass is 9.87. The van der Waals surface area contributed by atoms with Gasteiger partial charge in [0.1, 0.15) is 0 Å². The van der Waals surface area contributed by atoms with Gasteiger partial charge < -0.3 is 15.3 Å². The van der Waals surface area contributed by atoms with Gasteiger partial charge in [0.2, 0.25) is 0 Å². The van der Waals surface area contributed by atoms with Crippen molar-refractivity contribution in [1.29, 1.82) is 0 Å². The third kappa shape index (κ3) is 3.98. The normalized spacial score (nSPS) is 12.7. The van der Waals surface area contributed by atoms with Crippen LogP contribution in [0, 0.1) is 5.41 Å². The largest absolute Gasteiger partial charge is 0.478 e. The van der Waals surface area contributed by atoms with Crippen LogP contribution in [0.3, 0.4) is 0 Å². The van der Waals surface area contributed by atoms with Gasteiger partial charge in [0.15, 0.2) is 0 Å². The molecule has 1 atom stereocenters. The summed E-state index contributed by atoms with van der Waals surface area (Å²) in [4.78, 5) is 24.5. The van der Waals surface area contributed by atoms with Crippen molar-refractivity contribution >= 4 is 17.7 Å². The molecule has 0 bridgehead atoms. The maximum absolute atomic E-state index is 12.1. The fourth-order valence-corrected chi connectivity index (χ4v) is 1.66. The van der Waals surface area contributed by atoms with E-state index in [1.807, 2.05) is 6.92 Å². The third-order valence-corrected chi connectivity index (χ3v) is 3.54. The Morgan fingerprint density at radius 2 is 1.70 bits per heavy atom. The number of nitrogens with one attached hydrogen (secondary N) is 1. The van der Waals surface area contributed by atoms with Crippen LogP contribution in [0.1, 0.15) is 38.1 Å². The second-order valence-electron chi connectivity index (χ2n) is 5.97. The van der Waals surface area contributed by atoms with E-state index in [0.717, 1.165) is 0 Å². The highest BCUT2D eigenvalue weighted by molar-refractivity contribution is 5.91. The predicted octanol–water partition coefficient (Wildman–Crippen LogP) is 3.28. The number of hydrogen-bond acceptors (Lipinski definition) is 2. The average molecular weight is 278 g/mol. The summed E-state index contributed by atoms with van der Waals surface area (Å²) in [7, 11) is 1.75. The van der Waals surface area contributed by atoms with Crippen molar-refractivity contribution < 1.29 is 14.7 Å². The molecule has 1 rings (SSSR count). The van der Waals surface area contributed by atoms with Gasteiger partial charge in [0.25, 0.3) is 0 Å². The number of urea groups is 1. The SMILES string of the molecule is CC(N(C)C(=O)Nc1ccc(C(=O)O)cc1)C(C)(C)C. The molecule has 110 valence electrons. The van der Waals surface area contributed by atoms with Crippen molar-refractivity contribution in [3.8, 4) is 0 Å². The molecule has 2 N–H and O–H groups in total. The molecular weight excluding hydrogens is 256 g/mol. The zero-order valence-electron chi connectivity index (χ0n) is 12.6. The summed E-state index contributed by atoms with van der Waals surface area (Å²) in [6.07, 6.45) is 0. The highest BCUT2D eigenvalue weighted by Crippen LogP contribution is 2.23. The molecule has 1 unspecified atom stereocenters. The Kier molecular flexibility index (Phi) is 4.76. The zero-order chi connectivity index (χ0) is 15.5. The van der Waals surface area contributed by atoms with Crippen molar-refractivity contribution in [2.24, 2.45) is 5.41 Å². The van der Waals surface area contributed by atoms with E-state index in [2.05, 4.69) is 26.1 Å². The van der Waals surface area contributed by atoms with E-state index in [1.54, 1.807) is 24.1 Å². The van der Waals surface area contributed by atoms with Gasteiger partial charge in [0, 0.05) is 18.8 Å². The van der Waals surface area contributed by atoms with E-state index in [4.69, 9.17) is 5.11 Å². The molecule has 1 aromatic rings. The molecule has 0 radical (unpaired) electrons. The Morgan fingerprint density at radius 1 is 1.20 bits per heavy atom. The average Bonchev–Trinajstić information content (AvgIpc) is 2.36. The van der Waals surface area contributed by atoms with Crippen LogP contribution in [0.4, 0.5) is 10.5 Å². The van der Waals surface area contributed by atoms with Gasteiger partial charge in [-0.3, -0.25) is 0 Å². The van der Waals surface area contributed by atoms with Crippen LogP contribution >= 0.6 is 0 Å². The van der Waals surface area contributed by atoms with Crippen molar-refractivity contribution in [2.45, 2.75) is 33.7 Å². The fourth-order valence-electron chi connectivity index (χ4n) is 1.66. The monoisotopic (exact) mass is 278 g/mol. The highest BCUT2D eigenvalue weighted by atomic mass is 16.4. The number of carboxylic acids is 1. The number of hydrogen-bond donors (Lipinski definition) is 2. The van der Waals surface area contributed by atoms with Gasteiger partial charge in [-0.15, -0.1) is 0 Å². The zero-order valence-corrected chi connectivity index (χ0v) is 12.6. The Balaban J connectivity index is 2.73. The van der Waals surface area contributed by atoms with E-state index in [1.165, 1.54) is 12.1 Å². The lowest BCUT2D eigenvalue weighted by Crippen LogP contribution is -2.44. The Labute approximate surface area is 119 Å². The van der Waals surface area contributed by atoms with E-state index >= 15 is 0 Å². The Morgan fingerprint density at radius 3 is 2.10 bits per heavy atom. The van der Waals surface area contributed by atoms with Gasteiger partial charge in [0.05, 0.1) is 5.56 Å². The number of rotatable bonds is 3. The summed E-state index contributed by atoms with van der Waals surface area (Å²) >= 11 is 0. The van der Waals surface area contributed by atoms with Crippen LogP contribution in [-0.2, 0) is 0 Å². The fraction of sp³-hybridized carbons (Fsp3) is 0.467. The van der Waals surface area contributed by atoms with E-state index in [-0.39, 0.29) is 23.1 Å². The minimum atomic E-state index is -0.985. The van der Waals surface area contributed by atoms with Crippen LogP contribution in [0.2, 0.25) is 0 Å². The number of carboxylic acid groups (broad SMARTS) is 1. The van der Waals surface area contributed by atoms with Gasteiger partial charge in [-0.05, 0) is 36.6 Å². The van der Waals surface area contributed by atoms with Crippen LogP contribution in [0.5, 0.6) is 0 Å². The predicted molar refractivity (Wildman–Crippen MR) is 79.1 cm³/mol. The maximum Gasteiger partial charge on any atom is 0.335 e. The van der Waals surface area contributed by atoms with Gasteiger partial charge >= 0.3 is 12.0 Å². The summed E-state index contributed by atoms with van der Waals surface area (Å²) in [5.41, 5.74) is 0.756. The third-order valence-electron chi connectivity index (χ3n) is 3.54. The summed E-state index contributed by atoms with van der Waals surface area (Å²) < 4.78 is 0. The van der Waals surface area contributed by atoms with Crippen molar-refractivity contribution in [2.75, 3.05) is 12.4 Å². The van der Waals surface area contributed by atoms with Crippen molar-refractivity contribution in [1.82, 2.24) is 4.90 Å². The molecule has 1 aromatic carbocycles. The molecular formula is C15H22N2O3. The van der Waals surface area contributed by atoms with Crippen LogP contribution in [0.25, 0.3) is 0 Å². The number of aromatic carboxylic acids is 1. The second-order valence-corrected chi connectivity index (χ2v) is 5.97. The van der Waals surface area contributed by atoms with Gasteiger partial charge in [-0.2, -0.15) is 0 Å². The lowest BCUT2D eigenvalue weighted by Gasteiger charge is -2.35. The Bertz CT molecular complexity index is 489. The summed E-state index contributed by atoms with van der Waals surface area (Å²) in [6, 6.07) is 5.95. The van der Waals surface area contributed by atoms with Gasteiger partial charge in [-0.25, -0.2) is 9.59 Å². The topological polar surface area (TPSA) is 69.6 Å². The molecule has 0 spiro atoms. The molecule has 0 aromatic heterocycles. The summed E-state index contributed by atoms with van der Waals surface area (Å²) in [5.74, 6) is -0.985. The maximum atomic E-state index is 12.1. The van der Waals surface area contributed by atoms with Crippen molar-refractivity contribution in [3.63, 3.8) is 0 Å². The number of benzene rings is 1. The van der Waals surface area contributed by atoms with Crippen LogP contribution < -0.4 is 5.32 Å². The standard InChI is InChI=1S/C15H22N2O3/c1-10(15(2,3)4)17(5)14(20)16-12-8-6-11(7-9-12)13(18)19/h6-10H,1-5H3,(H,16,20)(H,18,19). The first-order chi connectivity index (χ1) is 9.12. The van der Waals surface area contributed by atoms with Crippen LogP contribution in [0.15, 0.2) is 24.3 Å². The first-order valence-electron chi connectivity index (χ1n) is 6.50. The molecule has 0 heterocycles. The summed E-state index contributed by atoms with van der Waals surface area (Å²) in [5, 5.41) is 11.6. The van der Waals surface area contributed by atoms with E-state index in [9.17, 15) is 9.59 Å². The second kappa shape index (κ2) is 5.94.